The smallest absolute Gasteiger partial charge is 0.265 e. The Kier molecular flexibility index (Phi) is 6.54. The summed E-state index contributed by atoms with van der Waals surface area (Å²) in [6.45, 7) is 8.29. The van der Waals surface area contributed by atoms with E-state index in [9.17, 15) is 13.2 Å². The van der Waals surface area contributed by atoms with E-state index in [1.807, 2.05) is 12.1 Å². The molecule has 2 heterocycles. The van der Waals surface area contributed by atoms with E-state index in [2.05, 4.69) is 30.4 Å². The molecule has 1 unspecified atom stereocenters. The van der Waals surface area contributed by atoms with Crippen LogP contribution in [-0.2, 0) is 6.18 Å². The zero-order valence-corrected chi connectivity index (χ0v) is 18.2. The van der Waals surface area contributed by atoms with Crippen LogP contribution in [0, 0.1) is 0 Å². The Hall–Kier alpha value is -1.65. The molecule has 3 rings (SSSR count). The van der Waals surface area contributed by atoms with E-state index in [-0.39, 0.29) is 5.16 Å². The van der Waals surface area contributed by atoms with Crippen molar-refractivity contribution >= 4 is 18.2 Å². The Labute approximate surface area is 171 Å². The maximum Gasteiger partial charge on any atom is 0.416 e. The zero-order chi connectivity index (χ0) is 21.1. The second-order valence-electron chi connectivity index (χ2n) is 8.49. The van der Waals surface area contributed by atoms with Crippen LogP contribution < -0.4 is 5.30 Å². The van der Waals surface area contributed by atoms with Gasteiger partial charge in [0.2, 0.25) is 0 Å². The Morgan fingerprint density at radius 1 is 0.931 bits per heavy atom. The zero-order valence-electron chi connectivity index (χ0n) is 17.3. The van der Waals surface area contributed by atoms with E-state index in [1.165, 1.54) is 25.0 Å². The van der Waals surface area contributed by atoms with Crippen molar-refractivity contribution in [1.29, 1.82) is 0 Å². The first-order valence-corrected chi connectivity index (χ1v) is 11.8. The first kappa shape index (κ1) is 22.0. The molecular weight excluding hydrogens is 394 g/mol. The minimum absolute atomic E-state index is 0.243. The number of hydrogen-bond donors (Lipinski definition) is 0. The van der Waals surface area contributed by atoms with Crippen molar-refractivity contribution in [3.8, 4) is 0 Å². The molecule has 2 aromatic rings. The molecule has 1 atom stereocenters. The van der Waals surface area contributed by atoms with Gasteiger partial charge in [-0.15, -0.1) is 0 Å². The fraction of sp³-hybridized carbons (Fsp3) is 0.500. The van der Waals surface area contributed by atoms with Gasteiger partial charge in [0.15, 0.2) is 0 Å². The summed E-state index contributed by atoms with van der Waals surface area (Å²) >= 11 is 0. The average molecular weight is 423 g/mol. The summed E-state index contributed by atoms with van der Waals surface area (Å²) in [6, 6.07) is 9.40. The Morgan fingerprint density at radius 3 is 2.10 bits per heavy atom. The Bertz CT molecular complexity index is 865. The molecule has 29 heavy (non-hydrogen) atoms. The lowest BCUT2D eigenvalue weighted by Gasteiger charge is -2.45. The van der Waals surface area contributed by atoms with Crippen LogP contribution in [0.2, 0.25) is 0 Å². The van der Waals surface area contributed by atoms with Crippen LogP contribution in [-0.4, -0.2) is 27.9 Å². The molecule has 0 bridgehead atoms. The normalized spacial score (nSPS) is 18.7. The first-order valence-electron chi connectivity index (χ1n) is 10.1. The summed E-state index contributed by atoms with van der Waals surface area (Å²) in [5.41, 5.74) is -0.263. The van der Waals surface area contributed by atoms with E-state index < -0.39 is 18.9 Å². The van der Waals surface area contributed by atoms with Gasteiger partial charge in [0.1, 0.15) is 0 Å². The molecule has 1 aliphatic heterocycles. The van der Waals surface area contributed by atoms with Crippen molar-refractivity contribution < 1.29 is 13.2 Å². The molecule has 1 saturated heterocycles. The number of alkyl halides is 3. The summed E-state index contributed by atoms with van der Waals surface area (Å²) in [5.74, 6) is 0. The molecule has 1 aromatic heterocycles. The number of pyridine rings is 1. The number of hydrogen-bond acceptors (Lipinski definition) is 2. The highest BCUT2D eigenvalue weighted by Crippen LogP contribution is 2.64. The molecule has 158 valence electrons. The summed E-state index contributed by atoms with van der Waals surface area (Å²) in [7, 11) is -2.38. The molecule has 1 fully saturated rings. The van der Waals surface area contributed by atoms with Crippen molar-refractivity contribution in [2.24, 2.45) is 4.74 Å². The number of nitrogens with zero attached hydrogens (tertiary/aromatic N) is 3. The highest BCUT2D eigenvalue weighted by Gasteiger charge is 2.41. The first-order chi connectivity index (χ1) is 13.6. The number of halogens is 3. The van der Waals surface area contributed by atoms with E-state index in [4.69, 9.17) is 4.74 Å². The van der Waals surface area contributed by atoms with Crippen molar-refractivity contribution in [3.05, 3.63) is 54.4 Å². The second-order valence-corrected chi connectivity index (χ2v) is 12.3. The van der Waals surface area contributed by atoms with Crippen molar-refractivity contribution in [3.63, 3.8) is 0 Å². The van der Waals surface area contributed by atoms with Gasteiger partial charge in [0.05, 0.1) is 18.5 Å². The second kappa shape index (κ2) is 8.61. The van der Waals surface area contributed by atoms with E-state index in [0.29, 0.717) is 5.69 Å². The third kappa shape index (κ3) is 4.75. The lowest BCUT2D eigenvalue weighted by atomic mass is 10.2. The molecule has 3 nitrogen and oxygen atoms in total. The van der Waals surface area contributed by atoms with Gasteiger partial charge in [-0.2, -0.15) is 13.2 Å². The minimum atomic E-state index is -4.38. The fourth-order valence-electron chi connectivity index (χ4n) is 4.05. The lowest BCUT2D eigenvalue weighted by molar-refractivity contribution is -0.137. The third-order valence-corrected chi connectivity index (χ3v) is 10.0. The van der Waals surface area contributed by atoms with Gasteiger partial charge in [-0.25, -0.2) is 4.74 Å². The van der Waals surface area contributed by atoms with Crippen molar-refractivity contribution in [2.75, 3.05) is 13.1 Å². The van der Waals surface area contributed by atoms with Crippen LogP contribution >= 0.6 is 7.21 Å². The quantitative estimate of drug-likeness (QED) is 0.505. The van der Waals surface area contributed by atoms with E-state index in [0.717, 1.165) is 37.3 Å². The third-order valence-electron chi connectivity index (χ3n) is 5.38. The molecule has 0 aliphatic carbocycles. The molecule has 7 heteroatoms. The summed E-state index contributed by atoms with van der Waals surface area (Å²) < 4.78 is 47.6. The van der Waals surface area contributed by atoms with Gasteiger partial charge in [-0.05, 0) is 43.2 Å². The molecule has 1 aromatic carbocycles. The van der Waals surface area contributed by atoms with Gasteiger partial charge in [0.25, 0.3) is 0 Å². The summed E-state index contributed by atoms with van der Waals surface area (Å²) in [6.07, 6.45) is 3.67. The van der Waals surface area contributed by atoms with Crippen molar-refractivity contribution in [1.82, 2.24) is 9.65 Å². The molecule has 0 spiro atoms. The highest BCUT2D eigenvalue weighted by atomic mass is 31.2. The summed E-state index contributed by atoms with van der Waals surface area (Å²) in [4.78, 5) is 4.17. The van der Waals surface area contributed by atoms with Gasteiger partial charge >= 0.3 is 6.18 Å². The minimum Gasteiger partial charge on any atom is -0.265 e. The largest absolute Gasteiger partial charge is 0.416 e. The van der Waals surface area contributed by atoms with Crippen molar-refractivity contribution in [2.45, 2.75) is 57.8 Å². The molecule has 0 saturated carbocycles. The number of benzene rings is 1. The Morgan fingerprint density at radius 2 is 1.55 bits per heavy atom. The monoisotopic (exact) mass is 423 g/mol. The molecule has 0 amide bonds. The standard InChI is InChI=1S/C22H29F3N3P/c1-21(2,3)29(20-11-13-26-14-12-20,28-15-6-4-5-7-16-28)27-19-10-8-9-18(17-19)22(23,24)25/h8-14,17H,4-7,15-16H2,1-3H3. The van der Waals surface area contributed by atoms with Crippen LogP contribution in [0.25, 0.3) is 0 Å². The average Bonchev–Trinajstić information content (AvgIpc) is 2.95. The van der Waals surface area contributed by atoms with Crippen LogP contribution in [0.4, 0.5) is 18.9 Å². The van der Waals surface area contributed by atoms with Crippen LogP contribution in [0.3, 0.4) is 0 Å². The Balaban J connectivity index is 2.28. The molecule has 1 aliphatic rings. The predicted molar refractivity (Wildman–Crippen MR) is 114 cm³/mol. The number of aromatic nitrogens is 1. The van der Waals surface area contributed by atoms with Gasteiger partial charge in [0, 0.05) is 35.9 Å². The SMILES string of the molecule is CC(C)(C)P(=Nc1cccc(C(F)(F)F)c1)(c1ccncc1)N1CCCCCC1. The fourth-order valence-corrected chi connectivity index (χ4v) is 8.41. The van der Waals surface area contributed by atoms with Crippen LogP contribution in [0.1, 0.15) is 52.0 Å². The maximum atomic E-state index is 13.3. The van der Waals surface area contributed by atoms with Gasteiger partial charge in [-0.1, -0.05) is 39.7 Å². The predicted octanol–water partition coefficient (Wildman–Crippen LogP) is 6.85. The summed E-state index contributed by atoms with van der Waals surface area (Å²) in [5, 5.41) is 0.826. The molecule has 0 N–H and O–H groups in total. The lowest BCUT2D eigenvalue weighted by Crippen LogP contribution is -2.37. The van der Waals surface area contributed by atoms with Crippen LogP contribution in [0.5, 0.6) is 0 Å². The molecular formula is C22H29F3N3P. The van der Waals surface area contributed by atoms with Gasteiger partial charge < -0.3 is 0 Å². The van der Waals surface area contributed by atoms with Gasteiger partial charge in [-0.3, -0.25) is 9.65 Å². The van der Waals surface area contributed by atoms with Crippen LogP contribution in [0.15, 0.2) is 53.5 Å². The highest BCUT2D eigenvalue weighted by molar-refractivity contribution is 7.73. The molecule has 0 radical (unpaired) electrons. The maximum absolute atomic E-state index is 13.3. The number of rotatable bonds is 3. The van der Waals surface area contributed by atoms with E-state index >= 15 is 0 Å². The van der Waals surface area contributed by atoms with E-state index in [1.54, 1.807) is 18.5 Å². The topological polar surface area (TPSA) is 28.5 Å².